The molecule has 0 aromatic carbocycles. The van der Waals surface area contributed by atoms with E-state index in [1.165, 1.54) is 0 Å². The average Bonchev–Trinajstić information content (AvgIpc) is 2.91. The Hall–Kier alpha value is -1.56. The SMILES string of the molecule is CCn1ncc(C)c1CNc1nn(CCF)cc1C.Cl. The lowest BCUT2D eigenvalue weighted by molar-refractivity contribution is 0.427. The summed E-state index contributed by atoms with van der Waals surface area (Å²) in [6.07, 6.45) is 3.72. The number of hydrogen-bond acceptors (Lipinski definition) is 3. The normalized spacial score (nSPS) is 10.4. The molecule has 0 unspecified atom stereocenters. The second-order valence-corrected chi connectivity index (χ2v) is 4.56. The van der Waals surface area contributed by atoms with Crippen LogP contribution in [0.25, 0.3) is 0 Å². The summed E-state index contributed by atoms with van der Waals surface area (Å²) in [5, 5.41) is 11.9. The smallest absolute Gasteiger partial charge is 0.151 e. The zero-order valence-corrected chi connectivity index (χ0v) is 12.9. The molecule has 2 aromatic heterocycles. The second-order valence-electron chi connectivity index (χ2n) is 4.56. The van der Waals surface area contributed by atoms with Gasteiger partial charge in [0, 0.05) is 18.3 Å². The summed E-state index contributed by atoms with van der Waals surface area (Å²) in [4.78, 5) is 0. The third kappa shape index (κ3) is 3.50. The van der Waals surface area contributed by atoms with Gasteiger partial charge in [0.15, 0.2) is 5.82 Å². The fourth-order valence-corrected chi connectivity index (χ4v) is 2.07. The van der Waals surface area contributed by atoms with E-state index in [1.54, 1.807) is 4.68 Å². The van der Waals surface area contributed by atoms with Gasteiger partial charge in [0.05, 0.1) is 25.0 Å². The second kappa shape index (κ2) is 7.28. The van der Waals surface area contributed by atoms with Crippen LogP contribution in [0.3, 0.4) is 0 Å². The third-order valence-electron chi connectivity index (χ3n) is 3.14. The standard InChI is InChI=1S/C13H20FN5.ClH/c1-4-19-12(10(2)7-16-19)8-15-13-11(3)9-18(17-13)6-5-14;/h7,9H,4-6,8H2,1-3H3,(H,15,17);1H. The van der Waals surface area contributed by atoms with Gasteiger partial charge in [-0.05, 0) is 26.3 Å². The van der Waals surface area contributed by atoms with E-state index in [4.69, 9.17) is 0 Å². The van der Waals surface area contributed by atoms with Crippen molar-refractivity contribution in [2.75, 3.05) is 12.0 Å². The van der Waals surface area contributed by atoms with Gasteiger partial charge in [-0.1, -0.05) is 0 Å². The fourth-order valence-electron chi connectivity index (χ4n) is 2.07. The van der Waals surface area contributed by atoms with Gasteiger partial charge in [0.2, 0.25) is 0 Å². The molecule has 0 aliphatic heterocycles. The highest BCUT2D eigenvalue weighted by molar-refractivity contribution is 5.85. The molecule has 0 aliphatic carbocycles. The van der Waals surface area contributed by atoms with Gasteiger partial charge in [-0.25, -0.2) is 4.39 Å². The first-order chi connectivity index (χ1) is 9.15. The van der Waals surface area contributed by atoms with Crippen molar-refractivity contribution in [3.63, 3.8) is 0 Å². The molecule has 0 amide bonds. The van der Waals surface area contributed by atoms with Gasteiger partial charge in [0.1, 0.15) is 6.67 Å². The maximum atomic E-state index is 12.3. The Bertz CT molecular complexity index is 549. The topological polar surface area (TPSA) is 47.7 Å². The average molecular weight is 302 g/mol. The Morgan fingerprint density at radius 3 is 2.70 bits per heavy atom. The molecule has 2 aromatic rings. The van der Waals surface area contributed by atoms with E-state index in [1.807, 2.05) is 30.9 Å². The van der Waals surface area contributed by atoms with Gasteiger partial charge in [-0.15, -0.1) is 12.4 Å². The van der Waals surface area contributed by atoms with E-state index in [0.29, 0.717) is 13.1 Å². The first-order valence-electron chi connectivity index (χ1n) is 6.50. The van der Waals surface area contributed by atoms with Crippen LogP contribution < -0.4 is 5.32 Å². The van der Waals surface area contributed by atoms with Crippen molar-refractivity contribution in [2.24, 2.45) is 0 Å². The lowest BCUT2D eigenvalue weighted by Crippen LogP contribution is -2.10. The van der Waals surface area contributed by atoms with Crippen LogP contribution >= 0.6 is 12.4 Å². The van der Waals surface area contributed by atoms with Crippen LogP contribution in [0, 0.1) is 13.8 Å². The Kier molecular flexibility index (Phi) is 6.01. The number of rotatable bonds is 6. The van der Waals surface area contributed by atoms with E-state index in [9.17, 15) is 4.39 Å². The van der Waals surface area contributed by atoms with Crippen LogP contribution in [0.4, 0.5) is 10.2 Å². The van der Waals surface area contributed by atoms with E-state index >= 15 is 0 Å². The quantitative estimate of drug-likeness (QED) is 0.892. The molecule has 0 saturated carbocycles. The zero-order chi connectivity index (χ0) is 13.8. The van der Waals surface area contributed by atoms with E-state index in [2.05, 4.69) is 22.4 Å². The van der Waals surface area contributed by atoms with Gasteiger partial charge < -0.3 is 5.32 Å². The van der Waals surface area contributed by atoms with Crippen molar-refractivity contribution in [3.05, 3.63) is 29.2 Å². The van der Waals surface area contributed by atoms with Gasteiger partial charge in [-0.2, -0.15) is 10.2 Å². The lowest BCUT2D eigenvalue weighted by atomic mass is 10.2. The minimum atomic E-state index is -0.401. The Morgan fingerprint density at radius 1 is 1.30 bits per heavy atom. The summed E-state index contributed by atoms with van der Waals surface area (Å²) >= 11 is 0. The number of anilines is 1. The molecular formula is C13H21ClFN5. The number of aromatic nitrogens is 4. The maximum Gasteiger partial charge on any atom is 0.151 e. The molecule has 1 N–H and O–H groups in total. The molecular weight excluding hydrogens is 281 g/mol. The Balaban J connectivity index is 0.00000200. The van der Waals surface area contributed by atoms with Crippen LogP contribution in [0.15, 0.2) is 12.4 Å². The van der Waals surface area contributed by atoms with E-state index < -0.39 is 6.67 Å². The number of nitrogens with one attached hydrogen (secondary N) is 1. The number of aryl methyl sites for hydroxylation is 4. The monoisotopic (exact) mass is 301 g/mol. The van der Waals surface area contributed by atoms with Crippen LogP contribution in [0.5, 0.6) is 0 Å². The molecule has 0 aliphatic rings. The summed E-state index contributed by atoms with van der Waals surface area (Å²) in [6.45, 7) is 7.50. The highest BCUT2D eigenvalue weighted by atomic mass is 35.5. The molecule has 0 fully saturated rings. The lowest BCUT2D eigenvalue weighted by Gasteiger charge is -2.08. The van der Waals surface area contributed by atoms with E-state index in [0.717, 1.165) is 29.2 Å². The highest BCUT2D eigenvalue weighted by Crippen LogP contribution is 2.14. The molecule has 112 valence electrons. The van der Waals surface area contributed by atoms with Crippen molar-refractivity contribution in [3.8, 4) is 0 Å². The fraction of sp³-hybridized carbons (Fsp3) is 0.538. The Morgan fingerprint density at radius 2 is 2.05 bits per heavy atom. The minimum absolute atomic E-state index is 0. The molecule has 2 rings (SSSR count). The van der Waals surface area contributed by atoms with Crippen LogP contribution in [-0.4, -0.2) is 26.2 Å². The largest absolute Gasteiger partial charge is 0.363 e. The molecule has 0 saturated heterocycles. The predicted molar refractivity (Wildman–Crippen MR) is 80.2 cm³/mol. The number of nitrogens with zero attached hydrogens (tertiary/aromatic N) is 4. The van der Waals surface area contributed by atoms with Crippen molar-refractivity contribution in [1.29, 1.82) is 0 Å². The molecule has 7 heteroatoms. The Labute approximate surface area is 124 Å². The summed E-state index contributed by atoms with van der Waals surface area (Å²) in [7, 11) is 0. The van der Waals surface area contributed by atoms with Crippen LogP contribution in [-0.2, 0) is 19.6 Å². The molecule has 0 radical (unpaired) electrons. The maximum absolute atomic E-state index is 12.3. The first-order valence-corrected chi connectivity index (χ1v) is 6.50. The van der Waals surface area contributed by atoms with E-state index in [-0.39, 0.29) is 12.4 Å². The van der Waals surface area contributed by atoms with Crippen molar-refractivity contribution < 1.29 is 4.39 Å². The van der Waals surface area contributed by atoms with Crippen LogP contribution in [0.1, 0.15) is 23.7 Å². The number of hydrogen-bond donors (Lipinski definition) is 1. The third-order valence-corrected chi connectivity index (χ3v) is 3.14. The van der Waals surface area contributed by atoms with Crippen molar-refractivity contribution >= 4 is 18.2 Å². The molecule has 2 heterocycles. The molecule has 0 atom stereocenters. The molecule has 0 spiro atoms. The van der Waals surface area contributed by atoms with Gasteiger partial charge >= 0.3 is 0 Å². The number of halogens is 2. The van der Waals surface area contributed by atoms with Crippen LogP contribution in [0.2, 0.25) is 0 Å². The summed E-state index contributed by atoms with van der Waals surface area (Å²) in [5.41, 5.74) is 3.34. The molecule has 0 bridgehead atoms. The van der Waals surface area contributed by atoms with Gasteiger partial charge in [0.25, 0.3) is 0 Å². The first kappa shape index (κ1) is 16.5. The summed E-state index contributed by atoms with van der Waals surface area (Å²) in [6, 6.07) is 0. The summed E-state index contributed by atoms with van der Waals surface area (Å²) < 4.78 is 15.9. The van der Waals surface area contributed by atoms with Gasteiger partial charge in [-0.3, -0.25) is 9.36 Å². The van der Waals surface area contributed by atoms with Crippen molar-refractivity contribution in [2.45, 2.75) is 40.4 Å². The minimum Gasteiger partial charge on any atom is -0.363 e. The zero-order valence-electron chi connectivity index (χ0n) is 12.1. The summed E-state index contributed by atoms with van der Waals surface area (Å²) in [5.74, 6) is 0.803. The highest BCUT2D eigenvalue weighted by Gasteiger charge is 2.09. The molecule has 5 nitrogen and oxygen atoms in total. The number of alkyl halides is 1. The molecule has 20 heavy (non-hydrogen) atoms. The van der Waals surface area contributed by atoms with Crippen molar-refractivity contribution in [1.82, 2.24) is 19.6 Å². The predicted octanol–water partition coefficient (Wildman–Crippen LogP) is 2.72.